The van der Waals surface area contributed by atoms with Gasteiger partial charge in [0.25, 0.3) is 5.91 Å². The van der Waals surface area contributed by atoms with Crippen molar-refractivity contribution in [2.24, 2.45) is 0 Å². The van der Waals surface area contributed by atoms with Crippen molar-refractivity contribution in [2.75, 3.05) is 31.1 Å². The number of halogens is 2. The third-order valence-electron chi connectivity index (χ3n) is 5.96. The van der Waals surface area contributed by atoms with E-state index in [1.165, 1.54) is 0 Å². The summed E-state index contributed by atoms with van der Waals surface area (Å²) in [7, 11) is 0. The Labute approximate surface area is 184 Å². The molecule has 0 aliphatic carbocycles. The maximum absolute atomic E-state index is 13.4. The largest absolute Gasteiger partial charge is 0.365 e. The van der Waals surface area contributed by atoms with Crippen molar-refractivity contribution in [1.29, 1.82) is 0 Å². The molecule has 0 spiro atoms. The summed E-state index contributed by atoms with van der Waals surface area (Å²) in [5.41, 5.74) is 4.02. The molecule has 2 atom stereocenters. The van der Waals surface area contributed by atoms with Crippen molar-refractivity contribution in [2.45, 2.75) is 25.5 Å². The number of rotatable bonds is 2. The fourth-order valence-electron chi connectivity index (χ4n) is 4.48. The van der Waals surface area contributed by atoms with Crippen molar-refractivity contribution < 1.29 is 9.53 Å². The molecule has 7 nitrogen and oxygen atoms in total. The van der Waals surface area contributed by atoms with Gasteiger partial charge < -0.3 is 14.5 Å². The topological polar surface area (TPSA) is 63.0 Å². The van der Waals surface area contributed by atoms with Gasteiger partial charge in [0, 0.05) is 29.3 Å². The average Bonchev–Trinajstić information content (AvgIpc) is 3.17. The Balaban J connectivity index is 1.37. The number of morpholine rings is 1. The van der Waals surface area contributed by atoms with Crippen LogP contribution >= 0.6 is 23.2 Å². The SMILES string of the molecule is C[C@H]1c2c(Cl)cc(Cl)cc2CCN1C(=O)[C@H]1CN(c2cnn3cnccc23)CCO1. The van der Waals surface area contributed by atoms with Crippen molar-refractivity contribution >= 4 is 40.3 Å². The van der Waals surface area contributed by atoms with Crippen LogP contribution in [0.1, 0.15) is 24.1 Å². The van der Waals surface area contributed by atoms with Crippen LogP contribution in [0.15, 0.2) is 36.9 Å². The monoisotopic (exact) mass is 445 g/mol. The molecular formula is C21H21Cl2N5O2. The molecule has 2 aromatic heterocycles. The summed E-state index contributed by atoms with van der Waals surface area (Å²) in [6, 6.07) is 5.48. The molecular weight excluding hydrogens is 425 g/mol. The predicted octanol–water partition coefficient (Wildman–Crippen LogP) is 3.39. The lowest BCUT2D eigenvalue weighted by Gasteiger charge is -2.40. The minimum absolute atomic E-state index is 0.0120. The molecule has 4 heterocycles. The van der Waals surface area contributed by atoms with Crippen LogP contribution in [0.25, 0.3) is 5.52 Å². The first-order chi connectivity index (χ1) is 14.5. The van der Waals surface area contributed by atoms with E-state index in [1.807, 2.05) is 30.2 Å². The van der Waals surface area contributed by atoms with Crippen molar-refractivity contribution in [1.82, 2.24) is 19.5 Å². The fourth-order valence-corrected chi connectivity index (χ4v) is 5.18. The summed E-state index contributed by atoms with van der Waals surface area (Å²) in [5, 5.41) is 5.59. The number of benzene rings is 1. The van der Waals surface area contributed by atoms with Gasteiger partial charge in [-0.1, -0.05) is 23.2 Å². The second kappa shape index (κ2) is 7.72. The Hall–Kier alpha value is -2.35. The molecule has 2 aliphatic rings. The van der Waals surface area contributed by atoms with Crippen LogP contribution in [0.5, 0.6) is 0 Å². The van der Waals surface area contributed by atoms with Crippen LogP contribution < -0.4 is 4.90 Å². The lowest BCUT2D eigenvalue weighted by molar-refractivity contribution is -0.147. The van der Waals surface area contributed by atoms with Gasteiger partial charge in [-0.2, -0.15) is 5.10 Å². The number of carbonyl (C=O) groups is 1. The van der Waals surface area contributed by atoms with Crippen molar-refractivity contribution in [3.05, 3.63) is 58.1 Å². The molecule has 30 heavy (non-hydrogen) atoms. The zero-order valence-corrected chi connectivity index (χ0v) is 18.0. The van der Waals surface area contributed by atoms with Gasteiger partial charge in [-0.15, -0.1) is 0 Å². The number of aromatic nitrogens is 3. The molecule has 1 aromatic carbocycles. The molecule has 0 radical (unpaired) electrons. The number of amides is 1. The van der Waals surface area contributed by atoms with Gasteiger partial charge >= 0.3 is 0 Å². The predicted molar refractivity (Wildman–Crippen MR) is 115 cm³/mol. The highest BCUT2D eigenvalue weighted by Gasteiger charge is 2.36. The Bertz CT molecular complexity index is 1120. The summed E-state index contributed by atoms with van der Waals surface area (Å²) in [6.07, 6.45) is 5.42. The minimum atomic E-state index is -0.536. The number of hydrogen-bond acceptors (Lipinski definition) is 5. The highest BCUT2D eigenvalue weighted by Crippen LogP contribution is 2.37. The van der Waals surface area contributed by atoms with Gasteiger partial charge in [0.2, 0.25) is 0 Å². The van der Waals surface area contributed by atoms with Crippen molar-refractivity contribution in [3.8, 4) is 0 Å². The van der Waals surface area contributed by atoms with Gasteiger partial charge in [-0.3, -0.25) is 4.79 Å². The molecule has 0 bridgehead atoms. The van der Waals surface area contributed by atoms with E-state index in [0.717, 1.165) is 28.8 Å². The lowest BCUT2D eigenvalue weighted by atomic mass is 9.93. The van der Waals surface area contributed by atoms with Crippen LogP contribution in [0.2, 0.25) is 10.0 Å². The summed E-state index contributed by atoms with van der Waals surface area (Å²) >= 11 is 12.6. The maximum atomic E-state index is 13.4. The number of anilines is 1. The third kappa shape index (κ3) is 3.31. The smallest absolute Gasteiger partial charge is 0.254 e. The van der Waals surface area contributed by atoms with Gasteiger partial charge in [-0.05, 0) is 42.7 Å². The average molecular weight is 446 g/mol. The van der Waals surface area contributed by atoms with Crippen LogP contribution in [-0.2, 0) is 16.0 Å². The summed E-state index contributed by atoms with van der Waals surface area (Å²) < 4.78 is 7.63. The Kier molecular flexibility index (Phi) is 5.05. The minimum Gasteiger partial charge on any atom is -0.365 e. The standard InChI is InChI=1S/C21H21Cl2N5O2/c1-13-20-14(8-15(22)9-16(20)23)3-5-27(13)21(29)19-11-26(6-7-30-19)18-10-25-28-12-24-4-2-17(18)28/h2,4,8-10,12-13,19H,3,5-7,11H2,1H3/t13-,19+/m0/s1. The molecule has 156 valence electrons. The first kappa shape index (κ1) is 19.6. The second-order valence-corrected chi connectivity index (χ2v) is 8.51. The molecule has 0 saturated carbocycles. The van der Waals surface area contributed by atoms with E-state index in [-0.39, 0.29) is 11.9 Å². The first-order valence-electron chi connectivity index (χ1n) is 9.95. The van der Waals surface area contributed by atoms with Crippen molar-refractivity contribution in [3.63, 3.8) is 0 Å². The molecule has 1 saturated heterocycles. The highest BCUT2D eigenvalue weighted by molar-refractivity contribution is 6.35. The number of nitrogens with zero attached hydrogens (tertiary/aromatic N) is 5. The van der Waals surface area contributed by atoms with E-state index in [4.69, 9.17) is 27.9 Å². The molecule has 0 N–H and O–H groups in total. The van der Waals surface area contributed by atoms with E-state index >= 15 is 0 Å². The van der Waals surface area contributed by atoms with Gasteiger partial charge in [0.05, 0.1) is 36.6 Å². The molecule has 3 aromatic rings. The van der Waals surface area contributed by atoms with E-state index in [1.54, 1.807) is 23.1 Å². The quantitative estimate of drug-likeness (QED) is 0.604. The van der Waals surface area contributed by atoms with E-state index < -0.39 is 6.10 Å². The Morgan fingerprint density at radius 1 is 1.27 bits per heavy atom. The van der Waals surface area contributed by atoms with E-state index in [0.29, 0.717) is 36.3 Å². The van der Waals surface area contributed by atoms with E-state index in [9.17, 15) is 4.79 Å². The number of fused-ring (bicyclic) bond motifs is 2. The summed E-state index contributed by atoms with van der Waals surface area (Å²) in [6.45, 7) is 4.29. The molecule has 0 unspecified atom stereocenters. The van der Waals surface area contributed by atoms with Crippen LogP contribution in [0.4, 0.5) is 5.69 Å². The van der Waals surface area contributed by atoms with Crippen LogP contribution in [0, 0.1) is 0 Å². The molecule has 2 aliphatic heterocycles. The normalized spacial score (nSPS) is 21.7. The summed E-state index contributed by atoms with van der Waals surface area (Å²) in [5.74, 6) is -0.0120. The third-order valence-corrected chi connectivity index (χ3v) is 6.49. The molecule has 9 heteroatoms. The highest BCUT2D eigenvalue weighted by atomic mass is 35.5. The Morgan fingerprint density at radius 2 is 2.13 bits per heavy atom. The van der Waals surface area contributed by atoms with Crippen LogP contribution in [0.3, 0.4) is 0 Å². The maximum Gasteiger partial charge on any atom is 0.254 e. The van der Waals surface area contributed by atoms with Gasteiger partial charge in [-0.25, -0.2) is 9.50 Å². The molecule has 1 amide bonds. The Morgan fingerprint density at radius 3 is 3.00 bits per heavy atom. The zero-order valence-electron chi connectivity index (χ0n) is 16.5. The number of carbonyl (C=O) groups excluding carboxylic acids is 1. The van der Waals surface area contributed by atoms with Gasteiger partial charge in [0.1, 0.15) is 6.33 Å². The summed E-state index contributed by atoms with van der Waals surface area (Å²) in [4.78, 5) is 21.5. The second-order valence-electron chi connectivity index (χ2n) is 7.66. The van der Waals surface area contributed by atoms with Crippen LogP contribution in [-0.4, -0.2) is 57.8 Å². The fraction of sp³-hybridized carbons (Fsp3) is 0.381. The number of hydrogen-bond donors (Lipinski definition) is 0. The lowest BCUT2D eigenvalue weighted by Crippen LogP contribution is -2.52. The molecule has 1 fully saturated rings. The molecule has 5 rings (SSSR count). The zero-order chi connectivity index (χ0) is 20.8. The first-order valence-corrected chi connectivity index (χ1v) is 10.7. The van der Waals surface area contributed by atoms with E-state index in [2.05, 4.69) is 15.0 Å². The van der Waals surface area contributed by atoms with Gasteiger partial charge in [0.15, 0.2) is 6.10 Å². The number of ether oxygens (including phenoxy) is 1.